The number of aromatic carboxylic acids is 1. The van der Waals surface area contributed by atoms with Crippen molar-refractivity contribution in [3.05, 3.63) is 82.4 Å². The molecule has 0 radical (unpaired) electrons. The lowest BCUT2D eigenvalue weighted by Crippen LogP contribution is -2.24. The van der Waals surface area contributed by atoms with Crippen molar-refractivity contribution in [2.24, 2.45) is 0 Å². The zero-order chi connectivity index (χ0) is 21.4. The molecule has 0 fully saturated rings. The van der Waals surface area contributed by atoms with Gasteiger partial charge >= 0.3 is 5.97 Å². The van der Waals surface area contributed by atoms with Crippen LogP contribution < -0.4 is 0 Å². The highest BCUT2D eigenvalue weighted by atomic mass is 16.5. The molecule has 1 unspecified atom stereocenters. The van der Waals surface area contributed by atoms with Gasteiger partial charge in [0.2, 0.25) is 0 Å². The highest BCUT2D eigenvalue weighted by Gasteiger charge is 2.37. The molecule has 3 aromatic rings. The molecule has 0 saturated heterocycles. The van der Waals surface area contributed by atoms with Gasteiger partial charge in [0, 0.05) is 7.05 Å². The average Bonchev–Trinajstić information content (AvgIpc) is 2.97. The second-order valence-corrected chi connectivity index (χ2v) is 7.51. The third-order valence-corrected chi connectivity index (χ3v) is 5.39. The van der Waals surface area contributed by atoms with E-state index in [-0.39, 0.29) is 23.5 Å². The highest BCUT2D eigenvalue weighted by molar-refractivity contribution is 6.27. The number of amides is 2. The van der Waals surface area contributed by atoms with Gasteiger partial charge in [-0.3, -0.25) is 14.5 Å². The fourth-order valence-corrected chi connectivity index (χ4v) is 3.83. The van der Waals surface area contributed by atoms with Crippen molar-refractivity contribution in [1.29, 1.82) is 0 Å². The van der Waals surface area contributed by atoms with Crippen molar-refractivity contribution in [2.45, 2.75) is 26.1 Å². The van der Waals surface area contributed by atoms with Crippen LogP contribution in [0.2, 0.25) is 0 Å². The summed E-state index contributed by atoms with van der Waals surface area (Å²) in [7, 11) is 1.46. The van der Waals surface area contributed by atoms with E-state index >= 15 is 0 Å². The summed E-state index contributed by atoms with van der Waals surface area (Å²) in [5, 5.41) is 10.5. The molecule has 2 amide bonds. The Labute approximate surface area is 173 Å². The van der Waals surface area contributed by atoms with Crippen LogP contribution in [-0.4, -0.2) is 40.9 Å². The number of nitrogens with zero attached hydrogens (tertiary/aromatic N) is 1. The molecule has 3 aromatic carbocycles. The maximum atomic E-state index is 12.8. The summed E-state index contributed by atoms with van der Waals surface area (Å²) < 4.78 is 5.95. The van der Waals surface area contributed by atoms with Gasteiger partial charge in [-0.15, -0.1) is 0 Å². The van der Waals surface area contributed by atoms with Gasteiger partial charge in [-0.25, -0.2) is 4.79 Å². The van der Waals surface area contributed by atoms with Crippen molar-refractivity contribution in [1.82, 2.24) is 4.90 Å². The van der Waals surface area contributed by atoms with E-state index in [1.54, 1.807) is 12.1 Å². The molecule has 0 spiro atoms. The zero-order valence-corrected chi connectivity index (χ0v) is 16.7. The fourth-order valence-electron chi connectivity index (χ4n) is 3.83. The lowest BCUT2D eigenvalue weighted by molar-refractivity contribution is 0.0533. The van der Waals surface area contributed by atoms with Gasteiger partial charge in [0.1, 0.15) is 0 Å². The van der Waals surface area contributed by atoms with Crippen molar-refractivity contribution in [2.75, 3.05) is 7.05 Å². The Hall–Kier alpha value is -3.51. The van der Waals surface area contributed by atoms with Gasteiger partial charge < -0.3 is 9.84 Å². The minimum Gasteiger partial charge on any atom is -0.478 e. The lowest BCUT2D eigenvalue weighted by atomic mass is 9.92. The van der Waals surface area contributed by atoms with Crippen LogP contribution in [0.1, 0.15) is 49.1 Å². The molecule has 0 bridgehead atoms. The molecule has 0 saturated carbocycles. The largest absolute Gasteiger partial charge is 0.478 e. The van der Waals surface area contributed by atoms with Crippen LogP contribution in [0.5, 0.6) is 0 Å². The summed E-state index contributed by atoms with van der Waals surface area (Å²) in [6, 6.07) is 16.2. The standard InChI is InChI=1S/C24H21NO5/c1-14(30-13-15-6-4-3-5-7-15)10-18-12-17-11-16(24(28)29)8-9-19(17)21-20(18)22(26)25(2)23(21)27/h3-9,11-12,14H,10,13H2,1-2H3,(H,28,29). The normalized spacial score (nSPS) is 14.3. The number of carboxylic acids is 1. The van der Waals surface area contributed by atoms with Crippen LogP contribution >= 0.6 is 0 Å². The molecule has 1 heterocycles. The summed E-state index contributed by atoms with van der Waals surface area (Å²) in [4.78, 5) is 38.0. The molecule has 1 atom stereocenters. The third kappa shape index (κ3) is 3.46. The Morgan fingerprint density at radius 1 is 1.03 bits per heavy atom. The molecule has 152 valence electrons. The second-order valence-electron chi connectivity index (χ2n) is 7.51. The number of carbonyl (C=O) groups is 3. The second kappa shape index (κ2) is 7.72. The maximum absolute atomic E-state index is 12.8. The predicted molar refractivity (Wildman–Crippen MR) is 112 cm³/mol. The van der Waals surface area contributed by atoms with Gasteiger partial charge in [-0.1, -0.05) is 42.5 Å². The molecular formula is C24H21NO5. The fraction of sp³-hybridized carbons (Fsp3) is 0.208. The Kier molecular flexibility index (Phi) is 5.10. The smallest absolute Gasteiger partial charge is 0.335 e. The maximum Gasteiger partial charge on any atom is 0.335 e. The number of fused-ring (bicyclic) bond motifs is 3. The molecule has 6 heteroatoms. The Bertz CT molecular complexity index is 1170. The molecule has 4 rings (SSSR count). The van der Waals surface area contributed by atoms with Crippen LogP contribution in [0.25, 0.3) is 10.8 Å². The first-order valence-electron chi connectivity index (χ1n) is 9.67. The van der Waals surface area contributed by atoms with Crippen molar-refractivity contribution in [3.63, 3.8) is 0 Å². The Morgan fingerprint density at radius 2 is 1.73 bits per heavy atom. The van der Waals surface area contributed by atoms with Crippen LogP contribution in [0, 0.1) is 0 Å². The van der Waals surface area contributed by atoms with Crippen molar-refractivity contribution >= 4 is 28.6 Å². The summed E-state index contributed by atoms with van der Waals surface area (Å²) in [6.07, 6.45) is 0.221. The number of ether oxygens (including phenoxy) is 1. The minimum atomic E-state index is -1.04. The van der Waals surface area contributed by atoms with E-state index in [2.05, 4.69) is 0 Å². The van der Waals surface area contributed by atoms with Crippen LogP contribution in [0.3, 0.4) is 0 Å². The average molecular weight is 403 g/mol. The van der Waals surface area contributed by atoms with E-state index in [0.717, 1.165) is 10.5 Å². The predicted octanol–water partition coefficient (Wildman–Crippen LogP) is 3.91. The van der Waals surface area contributed by atoms with E-state index in [0.29, 0.717) is 40.5 Å². The number of carboxylic acid groups (broad SMARTS) is 1. The zero-order valence-electron chi connectivity index (χ0n) is 16.7. The summed E-state index contributed by atoms with van der Waals surface area (Å²) in [5.74, 6) is -1.76. The first kappa shape index (κ1) is 19.8. The van der Waals surface area contributed by atoms with Gasteiger partial charge in [-0.05, 0) is 47.4 Å². The topological polar surface area (TPSA) is 83.9 Å². The van der Waals surface area contributed by atoms with Crippen molar-refractivity contribution < 1.29 is 24.2 Å². The molecular weight excluding hydrogens is 382 g/mol. The van der Waals surface area contributed by atoms with E-state index < -0.39 is 5.97 Å². The van der Waals surface area contributed by atoms with Gasteiger partial charge in [0.25, 0.3) is 11.8 Å². The van der Waals surface area contributed by atoms with Gasteiger partial charge in [0.05, 0.1) is 29.4 Å². The van der Waals surface area contributed by atoms with Crippen LogP contribution in [0.15, 0.2) is 54.6 Å². The van der Waals surface area contributed by atoms with Crippen molar-refractivity contribution in [3.8, 4) is 0 Å². The molecule has 0 aliphatic carbocycles. The number of hydrogen-bond acceptors (Lipinski definition) is 4. The molecule has 0 aromatic heterocycles. The van der Waals surface area contributed by atoms with Crippen LogP contribution in [0.4, 0.5) is 0 Å². The molecule has 6 nitrogen and oxygen atoms in total. The number of benzene rings is 3. The van der Waals surface area contributed by atoms with Crippen LogP contribution in [-0.2, 0) is 17.8 Å². The highest BCUT2D eigenvalue weighted by Crippen LogP contribution is 2.34. The summed E-state index contributed by atoms with van der Waals surface area (Å²) in [6.45, 7) is 2.35. The molecule has 1 aliphatic heterocycles. The number of imide groups is 1. The minimum absolute atomic E-state index is 0.131. The molecule has 1 N–H and O–H groups in total. The first-order chi connectivity index (χ1) is 14.4. The SMILES string of the molecule is CC(Cc1cc2cc(C(=O)O)ccc2c2c1C(=O)N(C)C2=O)OCc1ccccc1. The van der Waals surface area contributed by atoms with E-state index in [1.807, 2.05) is 37.3 Å². The number of carbonyl (C=O) groups excluding carboxylic acids is 2. The van der Waals surface area contributed by atoms with E-state index in [1.165, 1.54) is 19.2 Å². The summed E-state index contributed by atoms with van der Waals surface area (Å²) >= 11 is 0. The number of hydrogen-bond donors (Lipinski definition) is 1. The lowest BCUT2D eigenvalue weighted by Gasteiger charge is -2.16. The molecule has 30 heavy (non-hydrogen) atoms. The Morgan fingerprint density at radius 3 is 2.43 bits per heavy atom. The number of rotatable bonds is 6. The quantitative estimate of drug-likeness (QED) is 0.631. The monoisotopic (exact) mass is 403 g/mol. The van der Waals surface area contributed by atoms with E-state index in [4.69, 9.17) is 4.74 Å². The van der Waals surface area contributed by atoms with Gasteiger partial charge in [0.15, 0.2) is 0 Å². The molecule has 1 aliphatic rings. The first-order valence-corrected chi connectivity index (χ1v) is 9.67. The van der Waals surface area contributed by atoms with E-state index in [9.17, 15) is 19.5 Å². The third-order valence-electron chi connectivity index (χ3n) is 5.39. The summed E-state index contributed by atoms with van der Waals surface area (Å²) in [5.41, 5.74) is 2.58. The Balaban J connectivity index is 1.72. The van der Waals surface area contributed by atoms with Gasteiger partial charge in [-0.2, -0.15) is 0 Å².